The molecular weight excluding hydrogens is 300 g/mol. The molecule has 1 aromatic carbocycles. The van der Waals surface area contributed by atoms with E-state index in [0.29, 0.717) is 12.5 Å². The number of sulfonamides is 1. The quantitative estimate of drug-likeness (QED) is 0.837. The van der Waals surface area contributed by atoms with Crippen LogP contribution in [0.15, 0.2) is 18.2 Å². The SMILES string of the molecule is Cc1ccc(C)c(NC(=O)CN(CCC(C)C)S(C)(=O)=O)c1. The second kappa shape index (κ2) is 7.74. The lowest BCUT2D eigenvalue weighted by Crippen LogP contribution is -2.38. The van der Waals surface area contributed by atoms with Gasteiger partial charge in [-0.1, -0.05) is 26.0 Å². The molecule has 1 N–H and O–H groups in total. The van der Waals surface area contributed by atoms with E-state index in [1.165, 1.54) is 4.31 Å². The van der Waals surface area contributed by atoms with Gasteiger partial charge < -0.3 is 5.32 Å². The van der Waals surface area contributed by atoms with Gasteiger partial charge in [0.25, 0.3) is 0 Å². The molecule has 124 valence electrons. The molecular formula is C16H26N2O3S. The largest absolute Gasteiger partial charge is 0.325 e. The molecule has 0 aliphatic rings. The summed E-state index contributed by atoms with van der Waals surface area (Å²) in [5.41, 5.74) is 2.72. The molecule has 0 saturated carbocycles. The van der Waals surface area contributed by atoms with Crippen molar-refractivity contribution in [3.63, 3.8) is 0 Å². The Balaban J connectivity index is 2.77. The number of nitrogens with one attached hydrogen (secondary N) is 1. The van der Waals surface area contributed by atoms with Crippen LogP contribution in [-0.2, 0) is 14.8 Å². The fourth-order valence-corrected chi connectivity index (χ4v) is 2.77. The van der Waals surface area contributed by atoms with Crippen molar-refractivity contribution in [1.29, 1.82) is 0 Å². The normalized spacial score (nSPS) is 12.0. The van der Waals surface area contributed by atoms with Crippen molar-refractivity contribution in [1.82, 2.24) is 4.31 Å². The molecule has 1 amide bonds. The Bertz CT molecular complexity index is 624. The molecule has 0 aliphatic carbocycles. The van der Waals surface area contributed by atoms with E-state index in [1.807, 2.05) is 45.9 Å². The predicted molar refractivity (Wildman–Crippen MR) is 90.4 cm³/mol. The molecule has 5 nitrogen and oxygen atoms in total. The fraction of sp³-hybridized carbons (Fsp3) is 0.562. The molecule has 0 bridgehead atoms. The third kappa shape index (κ3) is 6.15. The first-order valence-corrected chi connectivity index (χ1v) is 9.26. The molecule has 0 spiro atoms. The summed E-state index contributed by atoms with van der Waals surface area (Å²) in [5.74, 6) is 0.0641. The second-order valence-electron chi connectivity index (χ2n) is 6.15. The number of hydrogen-bond acceptors (Lipinski definition) is 3. The Hall–Kier alpha value is -1.40. The van der Waals surface area contributed by atoms with Gasteiger partial charge in [-0.05, 0) is 43.4 Å². The Labute approximate surface area is 133 Å². The molecule has 22 heavy (non-hydrogen) atoms. The van der Waals surface area contributed by atoms with E-state index in [4.69, 9.17) is 0 Å². The van der Waals surface area contributed by atoms with Crippen LogP contribution in [0.1, 0.15) is 31.4 Å². The molecule has 0 radical (unpaired) electrons. The first-order valence-electron chi connectivity index (χ1n) is 7.42. The van der Waals surface area contributed by atoms with Gasteiger partial charge in [0.2, 0.25) is 15.9 Å². The molecule has 0 aromatic heterocycles. The molecule has 0 saturated heterocycles. The summed E-state index contributed by atoms with van der Waals surface area (Å²) in [6.07, 6.45) is 1.86. The summed E-state index contributed by atoms with van der Waals surface area (Å²) in [6.45, 7) is 8.10. The van der Waals surface area contributed by atoms with Gasteiger partial charge in [-0.2, -0.15) is 4.31 Å². The maximum absolute atomic E-state index is 12.2. The zero-order valence-corrected chi connectivity index (χ0v) is 14.8. The molecule has 0 atom stereocenters. The minimum Gasteiger partial charge on any atom is -0.325 e. The van der Waals surface area contributed by atoms with Crippen LogP contribution in [0.3, 0.4) is 0 Å². The first-order chi connectivity index (χ1) is 10.1. The lowest BCUT2D eigenvalue weighted by molar-refractivity contribution is -0.116. The van der Waals surface area contributed by atoms with Gasteiger partial charge in [-0.15, -0.1) is 0 Å². The summed E-state index contributed by atoms with van der Waals surface area (Å²) in [4.78, 5) is 12.2. The third-order valence-electron chi connectivity index (χ3n) is 3.41. The monoisotopic (exact) mass is 326 g/mol. The predicted octanol–water partition coefficient (Wildman–Crippen LogP) is 2.55. The van der Waals surface area contributed by atoms with Gasteiger partial charge in [0, 0.05) is 12.2 Å². The summed E-state index contributed by atoms with van der Waals surface area (Å²) in [5, 5.41) is 2.80. The topological polar surface area (TPSA) is 66.5 Å². The zero-order valence-electron chi connectivity index (χ0n) is 14.0. The van der Waals surface area contributed by atoms with Crippen molar-refractivity contribution >= 4 is 21.6 Å². The standard InChI is InChI=1S/C16H26N2O3S/c1-12(2)8-9-18(22(5,20)21)11-16(19)17-15-10-13(3)6-7-14(15)4/h6-7,10,12H,8-9,11H2,1-5H3,(H,17,19). The highest BCUT2D eigenvalue weighted by atomic mass is 32.2. The van der Waals surface area contributed by atoms with Crippen LogP contribution in [0.4, 0.5) is 5.69 Å². The summed E-state index contributed by atoms with van der Waals surface area (Å²) in [7, 11) is -3.39. The Kier molecular flexibility index (Phi) is 6.56. The molecule has 1 rings (SSSR count). The van der Waals surface area contributed by atoms with E-state index in [0.717, 1.165) is 29.5 Å². The number of aryl methyl sites for hydroxylation is 2. The number of anilines is 1. The van der Waals surface area contributed by atoms with Crippen LogP contribution in [0.5, 0.6) is 0 Å². The van der Waals surface area contributed by atoms with Crippen molar-refractivity contribution in [3.05, 3.63) is 29.3 Å². The molecule has 0 heterocycles. The summed E-state index contributed by atoms with van der Waals surface area (Å²) < 4.78 is 24.8. The van der Waals surface area contributed by atoms with Crippen LogP contribution in [0.2, 0.25) is 0 Å². The van der Waals surface area contributed by atoms with Crippen molar-refractivity contribution in [2.45, 2.75) is 34.1 Å². The number of carbonyl (C=O) groups is 1. The highest BCUT2D eigenvalue weighted by Crippen LogP contribution is 2.16. The van der Waals surface area contributed by atoms with Gasteiger partial charge in [-0.3, -0.25) is 4.79 Å². The average molecular weight is 326 g/mol. The second-order valence-corrected chi connectivity index (χ2v) is 8.13. The average Bonchev–Trinajstić information content (AvgIpc) is 2.37. The van der Waals surface area contributed by atoms with Crippen molar-refractivity contribution < 1.29 is 13.2 Å². The Morgan fingerprint density at radius 3 is 2.45 bits per heavy atom. The molecule has 6 heteroatoms. The van der Waals surface area contributed by atoms with E-state index in [9.17, 15) is 13.2 Å². The first kappa shape index (κ1) is 18.6. The summed E-state index contributed by atoms with van der Waals surface area (Å²) >= 11 is 0. The van der Waals surface area contributed by atoms with Crippen LogP contribution in [-0.4, -0.2) is 38.0 Å². The van der Waals surface area contributed by atoms with E-state index in [1.54, 1.807) is 0 Å². The van der Waals surface area contributed by atoms with Gasteiger partial charge in [0.15, 0.2) is 0 Å². The number of nitrogens with zero attached hydrogens (tertiary/aromatic N) is 1. The lowest BCUT2D eigenvalue weighted by Gasteiger charge is -2.20. The lowest BCUT2D eigenvalue weighted by atomic mass is 10.1. The van der Waals surface area contributed by atoms with Gasteiger partial charge in [0.05, 0.1) is 12.8 Å². The van der Waals surface area contributed by atoms with Crippen molar-refractivity contribution in [2.75, 3.05) is 24.7 Å². The zero-order chi connectivity index (χ0) is 16.9. The Morgan fingerprint density at radius 2 is 1.91 bits per heavy atom. The molecule has 0 fully saturated rings. The van der Waals surface area contributed by atoms with E-state index in [-0.39, 0.29) is 12.5 Å². The molecule has 0 aliphatic heterocycles. The summed E-state index contributed by atoms with van der Waals surface area (Å²) in [6, 6.07) is 5.78. The highest BCUT2D eigenvalue weighted by molar-refractivity contribution is 7.88. The van der Waals surface area contributed by atoms with Crippen LogP contribution in [0, 0.1) is 19.8 Å². The maximum atomic E-state index is 12.2. The minimum absolute atomic E-state index is 0.154. The molecule has 0 unspecified atom stereocenters. The van der Waals surface area contributed by atoms with Crippen molar-refractivity contribution in [3.8, 4) is 0 Å². The smallest absolute Gasteiger partial charge is 0.239 e. The highest BCUT2D eigenvalue weighted by Gasteiger charge is 2.20. The molecule has 1 aromatic rings. The number of rotatable bonds is 7. The van der Waals surface area contributed by atoms with E-state index in [2.05, 4.69) is 5.32 Å². The third-order valence-corrected chi connectivity index (χ3v) is 4.66. The van der Waals surface area contributed by atoms with E-state index >= 15 is 0 Å². The number of carbonyl (C=O) groups excluding carboxylic acids is 1. The van der Waals surface area contributed by atoms with Crippen LogP contribution >= 0.6 is 0 Å². The minimum atomic E-state index is -3.39. The van der Waals surface area contributed by atoms with Crippen LogP contribution in [0.25, 0.3) is 0 Å². The van der Waals surface area contributed by atoms with Gasteiger partial charge >= 0.3 is 0 Å². The number of amides is 1. The number of hydrogen-bond donors (Lipinski definition) is 1. The van der Waals surface area contributed by atoms with Gasteiger partial charge in [0.1, 0.15) is 0 Å². The van der Waals surface area contributed by atoms with E-state index < -0.39 is 10.0 Å². The van der Waals surface area contributed by atoms with Gasteiger partial charge in [-0.25, -0.2) is 8.42 Å². The van der Waals surface area contributed by atoms with Crippen molar-refractivity contribution in [2.24, 2.45) is 5.92 Å². The fourth-order valence-electron chi connectivity index (χ4n) is 1.98. The maximum Gasteiger partial charge on any atom is 0.239 e. The van der Waals surface area contributed by atoms with Crippen LogP contribution < -0.4 is 5.32 Å². The Morgan fingerprint density at radius 1 is 1.27 bits per heavy atom. The number of benzene rings is 1.